The first-order chi connectivity index (χ1) is 35.7. The van der Waals surface area contributed by atoms with E-state index in [2.05, 4.69) is 32.8 Å². The molecule has 73 heavy (non-hydrogen) atoms. The average Bonchev–Trinajstić information content (AvgIpc) is 4.21. The van der Waals surface area contributed by atoms with E-state index in [1.807, 2.05) is 151 Å². The third-order valence-corrected chi connectivity index (χ3v) is 15.2. The molecule has 0 bridgehead atoms. The van der Waals surface area contributed by atoms with Gasteiger partial charge in [0.25, 0.3) is 0 Å². The van der Waals surface area contributed by atoms with Gasteiger partial charge in [-0.1, -0.05) is 156 Å². The summed E-state index contributed by atoms with van der Waals surface area (Å²) < 4.78 is 9.13. The minimum absolute atomic E-state index is 0.0379. The van der Waals surface area contributed by atoms with E-state index in [1.54, 1.807) is 35.0 Å². The van der Waals surface area contributed by atoms with Gasteiger partial charge in [-0.15, -0.1) is 5.10 Å². The fourth-order valence-electron chi connectivity index (χ4n) is 11.1. The Balaban J connectivity index is 1.11. The van der Waals surface area contributed by atoms with E-state index < -0.39 is 65.4 Å². The van der Waals surface area contributed by atoms with Crippen LogP contribution in [0.2, 0.25) is 0 Å². The SMILES string of the molecule is CC(NC(=O)N1C(=O)C2(c3cc(C#CCn4nnc5ccccc54)ccc31)C(C(=O)Nc1nc3ccccc3s1)C1C(=O)OC(c3ccccc3)C(c3ccccc3)N1C2c1ccc(O)cc1)c1ccccc1. The Labute approximate surface area is 422 Å². The summed E-state index contributed by atoms with van der Waals surface area (Å²) in [5.41, 5.74) is 3.82. The maximum atomic E-state index is 16.7. The summed E-state index contributed by atoms with van der Waals surface area (Å²) in [7, 11) is 0. The second-order valence-electron chi connectivity index (χ2n) is 18.3. The Hall–Kier alpha value is -8.97. The highest BCUT2D eigenvalue weighted by Gasteiger charge is 2.75. The predicted octanol–water partition coefficient (Wildman–Crippen LogP) is 9.57. The van der Waals surface area contributed by atoms with E-state index in [4.69, 9.17) is 9.72 Å². The number of benzene rings is 7. The fraction of sp³-hybridized carbons (Fsp3) is 0.155. The Morgan fingerprint density at radius 2 is 1.44 bits per heavy atom. The summed E-state index contributed by atoms with van der Waals surface area (Å²) in [5.74, 6) is 2.72. The lowest BCUT2D eigenvalue weighted by Crippen LogP contribution is -2.55. The molecule has 15 heteroatoms. The van der Waals surface area contributed by atoms with Crippen LogP contribution in [0.5, 0.6) is 5.75 Å². The number of nitrogens with zero attached hydrogens (tertiary/aromatic N) is 6. The van der Waals surface area contributed by atoms with Gasteiger partial charge < -0.3 is 20.5 Å². The molecule has 2 aromatic heterocycles. The fourth-order valence-corrected chi connectivity index (χ4v) is 11.9. The van der Waals surface area contributed by atoms with Crippen LogP contribution in [0.3, 0.4) is 0 Å². The molecule has 0 radical (unpaired) electrons. The van der Waals surface area contributed by atoms with Crippen LogP contribution in [0.1, 0.15) is 64.5 Å². The molecule has 7 unspecified atom stereocenters. The zero-order chi connectivity index (χ0) is 49.8. The summed E-state index contributed by atoms with van der Waals surface area (Å²) in [4.78, 5) is 71.3. The molecule has 3 N–H and O–H groups in total. The maximum Gasteiger partial charge on any atom is 0.329 e. The summed E-state index contributed by atoms with van der Waals surface area (Å²) in [6, 6.07) is 50.3. The Morgan fingerprint density at radius 3 is 2.18 bits per heavy atom. The number of nitrogens with one attached hydrogen (secondary N) is 2. The number of aromatic hydroxyl groups is 1. The molecule has 7 aromatic carbocycles. The average molecular weight is 981 g/mol. The number of carbonyl (C=O) groups excluding carboxylic acids is 4. The number of rotatable bonds is 8. The number of hydrogen-bond donors (Lipinski definition) is 3. The number of anilines is 2. The molecule has 358 valence electrons. The highest BCUT2D eigenvalue weighted by atomic mass is 32.1. The molecule has 4 amide bonds. The van der Waals surface area contributed by atoms with Crippen LogP contribution in [-0.4, -0.2) is 59.8 Å². The Bertz CT molecular complexity index is 3640. The molecule has 9 aromatic rings. The third kappa shape index (κ3) is 7.66. The lowest BCUT2D eigenvalue weighted by atomic mass is 9.65. The molecule has 2 saturated heterocycles. The molecular weight excluding hydrogens is 937 g/mol. The topological polar surface area (TPSA) is 172 Å². The van der Waals surface area contributed by atoms with E-state index in [9.17, 15) is 5.11 Å². The van der Waals surface area contributed by atoms with Gasteiger partial charge >= 0.3 is 12.0 Å². The van der Waals surface area contributed by atoms with Crippen molar-refractivity contribution in [3.8, 4) is 17.6 Å². The van der Waals surface area contributed by atoms with Gasteiger partial charge in [0.1, 0.15) is 35.4 Å². The highest BCUT2D eigenvalue weighted by Crippen LogP contribution is 2.66. The second kappa shape index (κ2) is 18.3. The van der Waals surface area contributed by atoms with Gasteiger partial charge in [-0.3, -0.25) is 19.3 Å². The first kappa shape index (κ1) is 45.2. The molecule has 3 aliphatic rings. The van der Waals surface area contributed by atoms with Crippen molar-refractivity contribution in [3.63, 3.8) is 0 Å². The van der Waals surface area contributed by atoms with Crippen molar-refractivity contribution in [2.45, 2.75) is 49.2 Å². The van der Waals surface area contributed by atoms with Crippen molar-refractivity contribution in [1.29, 1.82) is 0 Å². The predicted molar refractivity (Wildman–Crippen MR) is 276 cm³/mol. The quantitative estimate of drug-likeness (QED) is 0.0984. The first-order valence-corrected chi connectivity index (χ1v) is 24.7. The summed E-state index contributed by atoms with van der Waals surface area (Å²) in [5, 5.41) is 25.8. The molecule has 2 fully saturated rings. The van der Waals surface area contributed by atoms with Gasteiger partial charge in [-0.2, -0.15) is 0 Å². The number of aromatic nitrogens is 4. The highest BCUT2D eigenvalue weighted by molar-refractivity contribution is 7.22. The van der Waals surface area contributed by atoms with Gasteiger partial charge in [0.05, 0.1) is 45.5 Å². The van der Waals surface area contributed by atoms with Crippen LogP contribution in [0.15, 0.2) is 182 Å². The number of para-hydroxylation sites is 2. The Kier molecular flexibility index (Phi) is 11.3. The van der Waals surface area contributed by atoms with Crippen molar-refractivity contribution in [2.75, 3.05) is 10.2 Å². The van der Waals surface area contributed by atoms with Gasteiger partial charge in [0.2, 0.25) is 11.8 Å². The smallest absolute Gasteiger partial charge is 0.329 e. The van der Waals surface area contributed by atoms with E-state index in [0.717, 1.165) is 31.8 Å². The molecule has 3 aliphatic heterocycles. The zero-order valence-electron chi connectivity index (χ0n) is 39.1. The van der Waals surface area contributed by atoms with Crippen LogP contribution in [-0.2, 0) is 31.1 Å². The maximum absolute atomic E-state index is 16.7. The summed E-state index contributed by atoms with van der Waals surface area (Å²) in [6.45, 7) is 2.01. The first-order valence-electron chi connectivity index (χ1n) is 23.8. The number of thiazole rings is 1. The van der Waals surface area contributed by atoms with Crippen molar-refractivity contribution in [3.05, 3.63) is 215 Å². The number of fused-ring (bicyclic) bond motifs is 5. The van der Waals surface area contributed by atoms with Gasteiger partial charge in [-0.05, 0) is 89.3 Å². The second-order valence-corrected chi connectivity index (χ2v) is 19.4. The number of phenolic OH excluding ortho intramolecular Hbond substituents is 1. The number of imide groups is 1. The number of phenols is 1. The normalized spacial score (nSPS) is 21.5. The number of esters is 1. The summed E-state index contributed by atoms with van der Waals surface area (Å²) >= 11 is 1.26. The van der Waals surface area contributed by atoms with Gasteiger partial charge in [0.15, 0.2) is 5.13 Å². The van der Waals surface area contributed by atoms with Crippen LogP contribution in [0, 0.1) is 17.8 Å². The number of cyclic esters (lactones) is 1. The number of carbonyl (C=O) groups is 4. The van der Waals surface area contributed by atoms with Crippen molar-refractivity contribution < 1.29 is 29.0 Å². The van der Waals surface area contributed by atoms with Gasteiger partial charge in [0, 0.05) is 5.56 Å². The lowest BCUT2D eigenvalue weighted by Gasteiger charge is -2.46. The molecule has 1 spiro atoms. The molecule has 14 nitrogen and oxygen atoms in total. The van der Waals surface area contributed by atoms with Crippen LogP contribution >= 0.6 is 11.3 Å². The summed E-state index contributed by atoms with van der Waals surface area (Å²) in [6.07, 6.45) is -0.928. The molecule has 5 heterocycles. The van der Waals surface area contributed by atoms with E-state index >= 15 is 19.2 Å². The third-order valence-electron chi connectivity index (χ3n) is 14.2. The molecule has 0 aliphatic carbocycles. The Morgan fingerprint density at radius 1 is 0.767 bits per heavy atom. The van der Waals surface area contributed by atoms with Crippen LogP contribution < -0.4 is 15.5 Å². The van der Waals surface area contributed by atoms with E-state index in [1.165, 1.54) is 23.5 Å². The minimum atomic E-state index is -2.07. The number of hydrogen-bond acceptors (Lipinski definition) is 11. The standard InChI is InChI=1S/C58H44N8O6S/c1-35(37-17-5-2-6-18-37)59-57(71)65-45-32-27-36(16-15-33-64-46-25-13-11-23-43(46)62-63-64)34-42(45)58(55(65)70)48(53(68)61-56-60-44-24-12-14-26-47(44)73-56)50-54(69)72-51(39-21-9-4-10-22-39)49(38-19-7-3-8-20-38)66(50)52(58)40-28-30-41(67)31-29-40/h2-14,17-32,34-35,48-52,67H,33H2,1H3,(H,59,71)(H,60,61,68). The van der Waals surface area contributed by atoms with Crippen molar-refractivity contribution in [1.82, 2.24) is 30.2 Å². The number of ether oxygens (including phenoxy) is 1. The van der Waals surface area contributed by atoms with Crippen molar-refractivity contribution >= 4 is 67.2 Å². The number of morpholine rings is 1. The van der Waals surface area contributed by atoms with Crippen molar-refractivity contribution in [2.24, 2.45) is 5.92 Å². The lowest BCUT2D eigenvalue weighted by molar-refractivity contribution is -0.177. The largest absolute Gasteiger partial charge is 0.508 e. The molecule has 12 rings (SSSR count). The zero-order valence-corrected chi connectivity index (χ0v) is 39.9. The van der Waals surface area contributed by atoms with E-state index in [0.29, 0.717) is 27.8 Å². The van der Waals surface area contributed by atoms with Gasteiger partial charge in [-0.25, -0.2) is 19.4 Å². The number of amides is 4. The minimum Gasteiger partial charge on any atom is -0.508 e. The van der Waals surface area contributed by atoms with Crippen LogP contribution in [0.25, 0.3) is 21.3 Å². The monoisotopic (exact) mass is 980 g/mol. The molecular formula is C58H44N8O6S. The molecule has 7 atom stereocenters. The van der Waals surface area contributed by atoms with Crippen LogP contribution in [0.4, 0.5) is 15.6 Å². The molecule has 0 saturated carbocycles. The number of urea groups is 1. The van der Waals surface area contributed by atoms with E-state index in [-0.39, 0.29) is 23.1 Å².